The first-order valence-corrected chi connectivity index (χ1v) is 13.3. The molecule has 0 aliphatic rings. The number of hydrogen-bond acceptors (Lipinski definition) is 0. The topological polar surface area (TPSA) is 0 Å². The molecule has 0 saturated heterocycles. The summed E-state index contributed by atoms with van der Waals surface area (Å²) < 4.78 is 0. The molecule has 0 aromatic carbocycles. The van der Waals surface area contributed by atoms with Crippen LogP contribution in [-0.4, -0.2) is 32.8 Å². The van der Waals surface area contributed by atoms with Crippen LogP contribution < -0.4 is 0 Å². The first kappa shape index (κ1) is 23.1. The van der Waals surface area contributed by atoms with Crippen molar-refractivity contribution in [3.63, 3.8) is 0 Å². The second kappa shape index (κ2) is 17.9. The molecule has 20 heavy (non-hydrogen) atoms. The van der Waals surface area contributed by atoms with Crippen molar-refractivity contribution in [2.75, 3.05) is 32.8 Å². The second-order valence-corrected chi connectivity index (χ2v) is 13.3. The lowest BCUT2D eigenvalue weighted by Gasteiger charge is -2.01. The number of hydrogen-bond donors (Lipinski definition) is 0. The summed E-state index contributed by atoms with van der Waals surface area (Å²) in [5.74, 6) is 0. The predicted octanol–water partition coefficient (Wildman–Crippen LogP) is 7.09. The molecule has 0 bridgehead atoms. The van der Waals surface area contributed by atoms with Crippen LogP contribution >= 0.6 is 16.5 Å². The van der Waals surface area contributed by atoms with Gasteiger partial charge in [-0.3, -0.25) is 0 Å². The number of rotatable bonds is 12. The van der Waals surface area contributed by atoms with Gasteiger partial charge in [-0.1, -0.05) is 77.6 Å². The molecule has 0 spiro atoms. The molecular formula is C18H43P2+. The fourth-order valence-corrected chi connectivity index (χ4v) is 2.27. The van der Waals surface area contributed by atoms with Crippen molar-refractivity contribution in [1.82, 2.24) is 0 Å². The maximum atomic E-state index is 2.81. The number of unbranched alkanes of at least 4 members (excludes halogenated alkanes) is 11. The molecule has 0 rings (SSSR count). The first-order valence-electron chi connectivity index (χ1n) is 8.90. The molecule has 0 fully saturated rings. The smallest absolute Gasteiger partial charge is 0.0481 e. The van der Waals surface area contributed by atoms with Gasteiger partial charge in [0.05, 0.1) is 0 Å². The lowest BCUT2D eigenvalue weighted by molar-refractivity contribution is 0.548. The van der Waals surface area contributed by atoms with Crippen molar-refractivity contribution in [2.45, 2.75) is 84.0 Å². The molecule has 0 aromatic rings. The van der Waals surface area contributed by atoms with E-state index in [9.17, 15) is 0 Å². The van der Waals surface area contributed by atoms with Gasteiger partial charge in [0.25, 0.3) is 0 Å². The highest BCUT2D eigenvalue weighted by Crippen LogP contribution is 2.40. The molecule has 0 amide bonds. The highest BCUT2D eigenvalue weighted by atomic mass is 31.2. The zero-order chi connectivity index (χ0) is 15.7. The van der Waals surface area contributed by atoms with Crippen LogP contribution in [0.4, 0.5) is 0 Å². The molecule has 0 nitrogen and oxygen atoms in total. The molecular weight excluding hydrogens is 278 g/mol. The lowest BCUT2D eigenvalue weighted by atomic mass is 10.1. The summed E-state index contributed by atoms with van der Waals surface area (Å²) in [4.78, 5) is 0. The average molecular weight is 321 g/mol. The van der Waals surface area contributed by atoms with Crippen LogP contribution in [0.25, 0.3) is 0 Å². The zero-order valence-corrected chi connectivity index (χ0v) is 17.3. The Kier molecular flexibility index (Phi) is 20.7. The van der Waals surface area contributed by atoms with E-state index in [1.54, 1.807) is 0 Å². The molecule has 0 heterocycles. The van der Waals surface area contributed by atoms with Crippen LogP contribution in [0.3, 0.4) is 0 Å². The third-order valence-electron chi connectivity index (χ3n) is 3.06. The molecule has 0 saturated carbocycles. The van der Waals surface area contributed by atoms with E-state index in [1.165, 1.54) is 83.2 Å². The highest BCUT2D eigenvalue weighted by molar-refractivity contribution is 7.73. The highest BCUT2D eigenvalue weighted by Gasteiger charge is 2.03. The Morgan fingerprint density at radius 3 is 1.05 bits per heavy atom. The summed E-state index contributed by atoms with van der Waals surface area (Å²) in [6, 6.07) is 0. The summed E-state index contributed by atoms with van der Waals surface area (Å²) in [6.45, 7) is 11.5. The van der Waals surface area contributed by atoms with Gasteiger partial charge in [0.15, 0.2) is 0 Å². The Labute approximate surface area is 133 Å². The predicted molar refractivity (Wildman–Crippen MR) is 106 cm³/mol. The summed E-state index contributed by atoms with van der Waals surface area (Å²) >= 11 is 0. The standard InChI is InChI=1S/C14H31P.C4H12P/c1-2-3-4-5-6-7-8-9-10-11-12-13-14-15;1-5(2,3)4/h2-15H2,1H3;1-4H3/q;+1. The van der Waals surface area contributed by atoms with E-state index in [4.69, 9.17) is 0 Å². The van der Waals surface area contributed by atoms with Gasteiger partial charge in [-0.25, -0.2) is 0 Å². The van der Waals surface area contributed by atoms with Crippen molar-refractivity contribution in [2.24, 2.45) is 0 Å². The van der Waals surface area contributed by atoms with Crippen LogP contribution in [-0.2, 0) is 0 Å². The minimum atomic E-state index is -0.389. The van der Waals surface area contributed by atoms with E-state index in [-0.39, 0.29) is 7.26 Å². The molecule has 0 radical (unpaired) electrons. The van der Waals surface area contributed by atoms with Gasteiger partial charge in [-0.05, 0) is 12.6 Å². The molecule has 2 heteroatoms. The minimum absolute atomic E-state index is 0.389. The van der Waals surface area contributed by atoms with Gasteiger partial charge < -0.3 is 0 Å². The molecule has 124 valence electrons. The van der Waals surface area contributed by atoms with Gasteiger partial charge >= 0.3 is 0 Å². The maximum Gasteiger partial charge on any atom is 0.0481 e. The molecule has 0 aliphatic carbocycles. The molecule has 0 aromatic heterocycles. The molecule has 1 unspecified atom stereocenters. The summed E-state index contributed by atoms with van der Waals surface area (Å²) in [5.41, 5.74) is 0. The lowest BCUT2D eigenvalue weighted by Crippen LogP contribution is -1.82. The second-order valence-electron chi connectivity index (χ2n) is 7.36. The van der Waals surface area contributed by atoms with E-state index in [0.29, 0.717) is 0 Å². The van der Waals surface area contributed by atoms with Gasteiger partial charge in [0.2, 0.25) is 0 Å². The van der Waals surface area contributed by atoms with Gasteiger partial charge in [0, 0.05) is 33.9 Å². The zero-order valence-electron chi connectivity index (χ0n) is 15.2. The Bertz CT molecular complexity index is 143. The largest absolute Gasteiger partial charge is 0.138 e. The Morgan fingerprint density at radius 1 is 0.550 bits per heavy atom. The normalized spacial score (nSPS) is 11.1. The third-order valence-corrected chi connectivity index (χ3v) is 3.47. The maximum absolute atomic E-state index is 2.81. The van der Waals surface area contributed by atoms with Crippen LogP contribution in [0, 0.1) is 0 Å². The fraction of sp³-hybridized carbons (Fsp3) is 1.00. The van der Waals surface area contributed by atoms with Gasteiger partial charge in [-0.15, -0.1) is 9.24 Å². The van der Waals surface area contributed by atoms with E-state index >= 15 is 0 Å². The minimum Gasteiger partial charge on any atom is -0.138 e. The monoisotopic (exact) mass is 321 g/mol. The van der Waals surface area contributed by atoms with Crippen molar-refractivity contribution in [3.8, 4) is 0 Å². The van der Waals surface area contributed by atoms with Crippen LogP contribution in [0.15, 0.2) is 0 Å². The molecule has 0 aliphatic heterocycles. The SMILES string of the molecule is CCCCCCCCCCCCCCP.C[P+](C)(C)C. The van der Waals surface area contributed by atoms with Crippen molar-refractivity contribution in [3.05, 3.63) is 0 Å². The summed E-state index contributed by atoms with van der Waals surface area (Å²) in [6.07, 6.45) is 18.7. The van der Waals surface area contributed by atoms with E-state index in [0.717, 1.165) is 0 Å². The van der Waals surface area contributed by atoms with Gasteiger partial charge in [0.1, 0.15) is 0 Å². The van der Waals surface area contributed by atoms with Crippen molar-refractivity contribution in [1.29, 1.82) is 0 Å². The van der Waals surface area contributed by atoms with E-state index < -0.39 is 0 Å². The molecule has 0 N–H and O–H groups in total. The van der Waals surface area contributed by atoms with Crippen LogP contribution in [0.2, 0.25) is 0 Å². The summed E-state index contributed by atoms with van der Waals surface area (Å²) in [5, 5.41) is 0. The summed E-state index contributed by atoms with van der Waals surface area (Å²) in [7, 11) is 2.43. The van der Waals surface area contributed by atoms with Gasteiger partial charge in [-0.2, -0.15) is 0 Å². The fourth-order valence-electron chi connectivity index (χ4n) is 1.99. The van der Waals surface area contributed by atoms with Crippen molar-refractivity contribution >= 4 is 16.5 Å². The Morgan fingerprint density at radius 2 is 0.800 bits per heavy atom. The first-order chi connectivity index (χ1) is 9.41. The van der Waals surface area contributed by atoms with Crippen LogP contribution in [0.1, 0.15) is 84.0 Å². The quantitative estimate of drug-likeness (QED) is 0.266. The van der Waals surface area contributed by atoms with Crippen molar-refractivity contribution < 1.29 is 0 Å². The third kappa shape index (κ3) is 36.4. The van der Waals surface area contributed by atoms with Crippen LogP contribution in [0.5, 0.6) is 0 Å². The Hall–Kier alpha value is 0.860. The van der Waals surface area contributed by atoms with E-state index in [2.05, 4.69) is 42.8 Å². The van der Waals surface area contributed by atoms with E-state index in [1.807, 2.05) is 0 Å². The average Bonchev–Trinajstić information content (AvgIpc) is 2.34. The molecule has 1 atom stereocenters. The Balaban J connectivity index is 0.